The molecule has 3 heterocycles. The summed E-state index contributed by atoms with van der Waals surface area (Å²) in [6.45, 7) is 4.17. The average Bonchev–Trinajstić information content (AvgIpc) is 3.18. The van der Waals surface area contributed by atoms with E-state index in [0.29, 0.717) is 6.10 Å². The van der Waals surface area contributed by atoms with Crippen LogP contribution in [0.1, 0.15) is 37.9 Å². The topological polar surface area (TPSA) is 66.1 Å². The minimum absolute atomic E-state index is 0.427. The third-order valence-electron chi connectivity index (χ3n) is 4.64. The zero-order valence-electron chi connectivity index (χ0n) is 13.0. The number of hydrogen-bond donors (Lipinski definition) is 2. The number of rotatable bonds is 6. The minimum Gasteiger partial charge on any atom is -0.378 e. The van der Waals surface area contributed by atoms with E-state index in [1.54, 1.807) is 0 Å². The van der Waals surface area contributed by atoms with Crippen molar-refractivity contribution in [2.45, 2.75) is 44.6 Å². The summed E-state index contributed by atoms with van der Waals surface area (Å²) >= 11 is 0. The monoisotopic (exact) mass is 293 g/mol. The van der Waals surface area contributed by atoms with E-state index < -0.39 is 0 Å². The van der Waals surface area contributed by atoms with Crippen molar-refractivity contribution in [2.75, 3.05) is 38.2 Å². The zero-order chi connectivity index (χ0) is 14.5. The minimum atomic E-state index is 0.427. The highest BCUT2D eigenvalue weighted by Crippen LogP contribution is 2.21. The van der Waals surface area contributed by atoms with Gasteiger partial charge in [-0.05, 0) is 51.6 Å². The fourth-order valence-electron chi connectivity index (χ4n) is 3.33. The SMILES string of the molecule is CNCC1CCN(c2n[nH]c(CCC3CCCO3)n2)CC1. The van der Waals surface area contributed by atoms with Gasteiger partial charge in [0.15, 0.2) is 0 Å². The van der Waals surface area contributed by atoms with Crippen molar-refractivity contribution in [3.05, 3.63) is 5.82 Å². The fourth-order valence-corrected chi connectivity index (χ4v) is 3.33. The predicted molar refractivity (Wildman–Crippen MR) is 82.5 cm³/mol. The first-order valence-corrected chi connectivity index (χ1v) is 8.27. The van der Waals surface area contributed by atoms with Crippen LogP contribution in [-0.2, 0) is 11.2 Å². The van der Waals surface area contributed by atoms with Gasteiger partial charge in [0, 0.05) is 26.1 Å². The number of hydrogen-bond acceptors (Lipinski definition) is 5. The second-order valence-corrected chi connectivity index (χ2v) is 6.24. The van der Waals surface area contributed by atoms with Gasteiger partial charge in [-0.2, -0.15) is 4.98 Å². The Labute approximate surface area is 126 Å². The zero-order valence-corrected chi connectivity index (χ0v) is 13.0. The van der Waals surface area contributed by atoms with Crippen LogP contribution >= 0.6 is 0 Å². The standard InChI is InChI=1S/C15H27N5O/c1-16-11-12-6-8-20(9-7-12)15-17-14(18-19-15)5-4-13-3-2-10-21-13/h12-13,16H,2-11H2,1H3,(H,17,18,19). The van der Waals surface area contributed by atoms with E-state index in [1.807, 2.05) is 7.05 Å². The van der Waals surface area contributed by atoms with Gasteiger partial charge in [0.1, 0.15) is 5.82 Å². The van der Waals surface area contributed by atoms with Gasteiger partial charge in [0.05, 0.1) is 6.10 Å². The molecule has 0 bridgehead atoms. The molecule has 1 unspecified atom stereocenters. The van der Waals surface area contributed by atoms with Crippen LogP contribution in [-0.4, -0.2) is 54.6 Å². The Kier molecular flexibility index (Phi) is 5.08. The number of nitrogens with one attached hydrogen (secondary N) is 2. The molecular formula is C15H27N5O. The number of H-pyrrole nitrogens is 1. The fraction of sp³-hybridized carbons (Fsp3) is 0.867. The Morgan fingerprint density at radius 3 is 2.90 bits per heavy atom. The number of piperidine rings is 1. The molecular weight excluding hydrogens is 266 g/mol. The quantitative estimate of drug-likeness (QED) is 0.829. The maximum Gasteiger partial charge on any atom is 0.244 e. The highest BCUT2D eigenvalue weighted by Gasteiger charge is 2.22. The Morgan fingerprint density at radius 1 is 1.33 bits per heavy atom. The third-order valence-corrected chi connectivity index (χ3v) is 4.64. The first-order valence-electron chi connectivity index (χ1n) is 8.27. The predicted octanol–water partition coefficient (Wildman–Crippen LogP) is 1.35. The molecule has 1 aromatic rings. The Hall–Kier alpha value is -1.14. The van der Waals surface area contributed by atoms with Crippen LogP contribution in [0.25, 0.3) is 0 Å². The number of aryl methyl sites for hydroxylation is 1. The second kappa shape index (κ2) is 7.22. The van der Waals surface area contributed by atoms with Crippen molar-refractivity contribution < 1.29 is 4.74 Å². The van der Waals surface area contributed by atoms with Crippen molar-refractivity contribution in [1.29, 1.82) is 0 Å². The normalized spacial score (nSPS) is 23.9. The van der Waals surface area contributed by atoms with E-state index in [4.69, 9.17) is 4.74 Å². The third kappa shape index (κ3) is 3.95. The van der Waals surface area contributed by atoms with Crippen molar-refractivity contribution in [2.24, 2.45) is 5.92 Å². The van der Waals surface area contributed by atoms with E-state index in [0.717, 1.165) is 56.8 Å². The summed E-state index contributed by atoms with van der Waals surface area (Å²) in [5, 5.41) is 10.8. The van der Waals surface area contributed by atoms with E-state index in [2.05, 4.69) is 25.4 Å². The van der Waals surface area contributed by atoms with Gasteiger partial charge in [0.2, 0.25) is 5.95 Å². The maximum atomic E-state index is 5.65. The Morgan fingerprint density at radius 2 is 2.19 bits per heavy atom. The molecule has 0 spiro atoms. The summed E-state index contributed by atoms with van der Waals surface area (Å²) in [4.78, 5) is 6.96. The number of anilines is 1. The molecule has 2 saturated heterocycles. The average molecular weight is 293 g/mol. The summed E-state index contributed by atoms with van der Waals surface area (Å²) in [5.41, 5.74) is 0. The largest absolute Gasteiger partial charge is 0.378 e. The maximum absolute atomic E-state index is 5.65. The van der Waals surface area contributed by atoms with Crippen LogP contribution < -0.4 is 10.2 Å². The molecule has 6 heteroatoms. The molecule has 2 aliphatic heterocycles. The van der Waals surface area contributed by atoms with Crippen molar-refractivity contribution in [1.82, 2.24) is 20.5 Å². The van der Waals surface area contributed by atoms with Crippen LogP contribution in [0.4, 0.5) is 5.95 Å². The molecule has 21 heavy (non-hydrogen) atoms. The van der Waals surface area contributed by atoms with Crippen LogP contribution in [0.3, 0.4) is 0 Å². The van der Waals surface area contributed by atoms with Gasteiger partial charge in [-0.25, -0.2) is 0 Å². The summed E-state index contributed by atoms with van der Waals surface area (Å²) in [6, 6.07) is 0. The molecule has 0 aliphatic carbocycles. The van der Waals surface area contributed by atoms with Crippen molar-refractivity contribution in [3.63, 3.8) is 0 Å². The van der Waals surface area contributed by atoms with E-state index in [-0.39, 0.29) is 0 Å². The van der Waals surface area contributed by atoms with Gasteiger partial charge in [-0.1, -0.05) is 0 Å². The summed E-state index contributed by atoms with van der Waals surface area (Å²) < 4.78 is 5.65. The lowest BCUT2D eigenvalue weighted by Gasteiger charge is -2.30. The second-order valence-electron chi connectivity index (χ2n) is 6.24. The summed E-state index contributed by atoms with van der Waals surface area (Å²) in [5.74, 6) is 2.67. The lowest BCUT2D eigenvalue weighted by atomic mass is 9.97. The molecule has 2 N–H and O–H groups in total. The van der Waals surface area contributed by atoms with Gasteiger partial charge in [0.25, 0.3) is 0 Å². The number of nitrogens with zero attached hydrogens (tertiary/aromatic N) is 3. The van der Waals surface area contributed by atoms with Crippen molar-refractivity contribution >= 4 is 5.95 Å². The number of aromatic nitrogens is 3. The lowest BCUT2D eigenvalue weighted by Crippen LogP contribution is -2.37. The van der Waals surface area contributed by atoms with Crippen LogP contribution in [0.15, 0.2) is 0 Å². The van der Waals surface area contributed by atoms with Gasteiger partial charge in [-0.3, -0.25) is 5.10 Å². The van der Waals surface area contributed by atoms with E-state index >= 15 is 0 Å². The highest BCUT2D eigenvalue weighted by molar-refractivity contribution is 5.29. The van der Waals surface area contributed by atoms with Gasteiger partial charge in [-0.15, -0.1) is 5.10 Å². The van der Waals surface area contributed by atoms with Crippen LogP contribution in [0, 0.1) is 5.92 Å². The van der Waals surface area contributed by atoms with E-state index in [1.165, 1.54) is 25.7 Å². The molecule has 0 radical (unpaired) electrons. The summed E-state index contributed by atoms with van der Waals surface area (Å²) in [6.07, 6.45) is 7.26. The van der Waals surface area contributed by atoms with Crippen LogP contribution in [0.2, 0.25) is 0 Å². The first kappa shape index (κ1) is 14.8. The molecule has 6 nitrogen and oxygen atoms in total. The number of ether oxygens (including phenoxy) is 1. The van der Waals surface area contributed by atoms with Gasteiger partial charge >= 0.3 is 0 Å². The molecule has 118 valence electrons. The molecule has 3 rings (SSSR count). The lowest BCUT2D eigenvalue weighted by molar-refractivity contribution is 0.104. The first-order chi connectivity index (χ1) is 10.3. The number of aromatic amines is 1. The molecule has 0 saturated carbocycles. The molecule has 1 atom stereocenters. The molecule has 2 aliphatic rings. The Balaban J connectivity index is 1.46. The highest BCUT2D eigenvalue weighted by atomic mass is 16.5. The van der Waals surface area contributed by atoms with Crippen molar-refractivity contribution in [3.8, 4) is 0 Å². The van der Waals surface area contributed by atoms with Gasteiger partial charge < -0.3 is 15.0 Å². The summed E-state index contributed by atoms with van der Waals surface area (Å²) in [7, 11) is 2.03. The Bertz CT molecular complexity index is 421. The molecule has 0 amide bonds. The van der Waals surface area contributed by atoms with Crippen LogP contribution in [0.5, 0.6) is 0 Å². The molecule has 0 aromatic carbocycles. The van der Waals surface area contributed by atoms with E-state index in [9.17, 15) is 0 Å². The molecule has 1 aromatic heterocycles. The molecule has 2 fully saturated rings. The smallest absolute Gasteiger partial charge is 0.244 e.